The summed E-state index contributed by atoms with van der Waals surface area (Å²) in [7, 11) is 1.78. The Morgan fingerprint density at radius 2 is 2.19 bits per heavy atom. The number of aromatic nitrogens is 2. The van der Waals surface area contributed by atoms with Crippen LogP contribution < -0.4 is 14.2 Å². The monoisotopic (exact) mass is 373 g/mol. The molecule has 1 saturated heterocycles. The summed E-state index contributed by atoms with van der Waals surface area (Å²) in [5.74, 6) is 1.91. The molecule has 2 aromatic rings. The molecule has 0 saturated carbocycles. The van der Waals surface area contributed by atoms with E-state index in [1.165, 1.54) is 0 Å². The molecule has 1 amide bonds. The normalized spacial score (nSPS) is 18.3. The van der Waals surface area contributed by atoms with Gasteiger partial charge in [-0.1, -0.05) is 0 Å². The Hall–Kier alpha value is -2.74. The highest BCUT2D eigenvalue weighted by atomic mass is 16.7. The average Bonchev–Trinajstić information content (AvgIpc) is 3.35. The van der Waals surface area contributed by atoms with Gasteiger partial charge in [-0.25, -0.2) is 0 Å². The van der Waals surface area contributed by atoms with Gasteiger partial charge in [-0.05, 0) is 37.5 Å². The van der Waals surface area contributed by atoms with E-state index in [2.05, 4.69) is 10.2 Å². The predicted molar refractivity (Wildman–Crippen MR) is 96.0 cm³/mol. The van der Waals surface area contributed by atoms with E-state index in [-0.39, 0.29) is 25.4 Å². The lowest BCUT2D eigenvalue weighted by atomic mass is 10.1. The molecule has 1 aromatic carbocycles. The molecule has 0 spiro atoms. The van der Waals surface area contributed by atoms with Gasteiger partial charge in [-0.3, -0.25) is 9.89 Å². The van der Waals surface area contributed by atoms with Gasteiger partial charge >= 0.3 is 0 Å². The second-order valence-corrected chi connectivity index (χ2v) is 6.76. The van der Waals surface area contributed by atoms with Crippen molar-refractivity contribution in [3.8, 4) is 17.2 Å². The SMILES string of the molecule is CN(C[C@@H]1CCCCO1)C(=O)c1cc(COc2ccc3c(c2)OCO3)[nH]n1. The second kappa shape index (κ2) is 7.87. The van der Waals surface area contributed by atoms with E-state index in [9.17, 15) is 4.79 Å². The molecule has 1 N–H and O–H groups in total. The summed E-state index contributed by atoms with van der Waals surface area (Å²) >= 11 is 0. The number of aromatic amines is 1. The highest BCUT2D eigenvalue weighted by molar-refractivity contribution is 5.92. The lowest BCUT2D eigenvalue weighted by Gasteiger charge is -2.27. The molecular weight excluding hydrogens is 350 g/mol. The van der Waals surface area contributed by atoms with Gasteiger partial charge in [0.15, 0.2) is 17.2 Å². The Balaban J connectivity index is 1.31. The smallest absolute Gasteiger partial charge is 0.274 e. The van der Waals surface area contributed by atoms with Crippen molar-refractivity contribution in [3.63, 3.8) is 0 Å². The largest absolute Gasteiger partial charge is 0.487 e. The van der Waals surface area contributed by atoms with Crippen molar-refractivity contribution in [2.75, 3.05) is 27.0 Å². The molecular formula is C19H23N3O5. The van der Waals surface area contributed by atoms with E-state index in [4.69, 9.17) is 18.9 Å². The first-order chi connectivity index (χ1) is 13.2. The molecule has 4 rings (SSSR count). The van der Waals surface area contributed by atoms with Gasteiger partial charge in [-0.2, -0.15) is 5.10 Å². The van der Waals surface area contributed by atoms with Crippen molar-refractivity contribution < 1.29 is 23.7 Å². The maximum absolute atomic E-state index is 12.6. The lowest BCUT2D eigenvalue weighted by molar-refractivity contribution is -0.000291. The van der Waals surface area contributed by atoms with Crippen LogP contribution in [0.5, 0.6) is 17.2 Å². The fourth-order valence-corrected chi connectivity index (χ4v) is 3.21. The average molecular weight is 373 g/mol. The molecule has 8 heteroatoms. The number of hydrogen-bond acceptors (Lipinski definition) is 6. The molecule has 0 aliphatic carbocycles. The maximum atomic E-state index is 12.6. The minimum atomic E-state index is -0.130. The zero-order valence-electron chi connectivity index (χ0n) is 15.3. The van der Waals surface area contributed by atoms with Crippen molar-refractivity contribution in [3.05, 3.63) is 35.7 Å². The zero-order valence-corrected chi connectivity index (χ0v) is 15.3. The quantitative estimate of drug-likeness (QED) is 0.837. The molecule has 3 heterocycles. The van der Waals surface area contributed by atoms with E-state index < -0.39 is 0 Å². The second-order valence-electron chi connectivity index (χ2n) is 6.76. The lowest BCUT2D eigenvalue weighted by Crippen LogP contribution is -2.37. The summed E-state index contributed by atoms with van der Waals surface area (Å²) < 4.78 is 22.0. The number of likely N-dealkylation sites (N-methyl/N-ethyl adjacent to an activating group) is 1. The number of nitrogens with zero attached hydrogens (tertiary/aromatic N) is 2. The molecule has 2 aliphatic heterocycles. The number of benzene rings is 1. The van der Waals surface area contributed by atoms with Crippen LogP contribution in [0.2, 0.25) is 0 Å². The minimum absolute atomic E-state index is 0.112. The summed E-state index contributed by atoms with van der Waals surface area (Å²) in [6, 6.07) is 7.12. The van der Waals surface area contributed by atoms with Gasteiger partial charge in [-0.15, -0.1) is 0 Å². The molecule has 1 aromatic heterocycles. The van der Waals surface area contributed by atoms with Crippen LogP contribution in [0.15, 0.2) is 24.3 Å². The summed E-state index contributed by atoms with van der Waals surface area (Å²) in [5, 5.41) is 6.98. The van der Waals surface area contributed by atoms with Crippen LogP contribution in [0.3, 0.4) is 0 Å². The number of ether oxygens (including phenoxy) is 4. The molecule has 1 fully saturated rings. The first-order valence-electron chi connectivity index (χ1n) is 9.13. The van der Waals surface area contributed by atoms with Crippen LogP contribution in [0.1, 0.15) is 35.4 Å². The predicted octanol–water partition coefficient (Wildman–Crippen LogP) is 2.36. The number of rotatable bonds is 6. The third kappa shape index (κ3) is 4.16. The standard InChI is InChI=1S/C19H23N3O5/c1-22(10-15-4-2-3-7-24-15)19(23)16-8-13(20-21-16)11-25-14-5-6-17-18(9-14)27-12-26-17/h5-6,8-9,15H,2-4,7,10-12H2,1H3,(H,20,21)/t15-/m0/s1. The first kappa shape index (κ1) is 17.7. The summed E-state index contributed by atoms with van der Waals surface area (Å²) in [6.07, 6.45) is 3.35. The van der Waals surface area contributed by atoms with Gasteiger partial charge in [0, 0.05) is 26.3 Å². The summed E-state index contributed by atoms with van der Waals surface area (Å²) in [5.41, 5.74) is 1.09. The Morgan fingerprint density at radius 1 is 1.30 bits per heavy atom. The van der Waals surface area contributed by atoms with Crippen molar-refractivity contribution in [1.82, 2.24) is 15.1 Å². The Bertz CT molecular complexity index is 800. The molecule has 0 bridgehead atoms. The fraction of sp³-hybridized carbons (Fsp3) is 0.474. The molecule has 1 atom stereocenters. The van der Waals surface area contributed by atoms with Crippen molar-refractivity contribution in [1.29, 1.82) is 0 Å². The molecule has 0 unspecified atom stereocenters. The number of hydrogen-bond donors (Lipinski definition) is 1. The first-order valence-corrected chi connectivity index (χ1v) is 9.13. The highest BCUT2D eigenvalue weighted by Gasteiger charge is 2.21. The third-order valence-corrected chi connectivity index (χ3v) is 4.69. The summed E-state index contributed by atoms with van der Waals surface area (Å²) in [4.78, 5) is 14.2. The Kier molecular flexibility index (Phi) is 5.15. The molecule has 27 heavy (non-hydrogen) atoms. The van der Waals surface area contributed by atoms with E-state index in [0.29, 0.717) is 29.5 Å². The van der Waals surface area contributed by atoms with Gasteiger partial charge in [0.1, 0.15) is 12.4 Å². The summed E-state index contributed by atoms with van der Waals surface area (Å²) in [6.45, 7) is 1.85. The van der Waals surface area contributed by atoms with Gasteiger partial charge in [0.25, 0.3) is 5.91 Å². The van der Waals surface area contributed by atoms with Crippen molar-refractivity contribution in [2.45, 2.75) is 32.0 Å². The highest BCUT2D eigenvalue weighted by Crippen LogP contribution is 2.35. The molecule has 2 aliphatic rings. The molecule has 0 radical (unpaired) electrons. The maximum Gasteiger partial charge on any atom is 0.274 e. The van der Waals surface area contributed by atoms with Gasteiger partial charge in [0.2, 0.25) is 6.79 Å². The number of nitrogens with one attached hydrogen (secondary N) is 1. The number of H-pyrrole nitrogens is 1. The van der Waals surface area contributed by atoms with E-state index in [1.54, 1.807) is 24.1 Å². The van der Waals surface area contributed by atoms with Crippen LogP contribution in [0, 0.1) is 0 Å². The van der Waals surface area contributed by atoms with E-state index in [0.717, 1.165) is 31.6 Å². The van der Waals surface area contributed by atoms with Gasteiger partial charge in [0.05, 0.1) is 11.8 Å². The number of amides is 1. The Morgan fingerprint density at radius 3 is 3.04 bits per heavy atom. The molecule has 8 nitrogen and oxygen atoms in total. The van der Waals surface area contributed by atoms with Crippen molar-refractivity contribution >= 4 is 5.91 Å². The van der Waals surface area contributed by atoms with Crippen LogP contribution in [-0.2, 0) is 11.3 Å². The minimum Gasteiger partial charge on any atom is -0.487 e. The zero-order chi connectivity index (χ0) is 18.6. The van der Waals surface area contributed by atoms with Crippen molar-refractivity contribution in [2.24, 2.45) is 0 Å². The van der Waals surface area contributed by atoms with Crippen LogP contribution in [0.4, 0.5) is 0 Å². The van der Waals surface area contributed by atoms with E-state index >= 15 is 0 Å². The fourth-order valence-electron chi connectivity index (χ4n) is 3.21. The number of fused-ring (bicyclic) bond motifs is 1. The third-order valence-electron chi connectivity index (χ3n) is 4.69. The van der Waals surface area contributed by atoms with Gasteiger partial charge < -0.3 is 23.8 Å². The van der Waals surface area contributed by atoms with Crippen LogP contribution in [0.25, 0.3) is 0 Å². The molecule has 144 valence electrons. The van der Waals surface area contributed by atoms with Crippen LogP contribution in [-0.4, -0.2) is 54.1 Å². The van der Waals surface area contributed by atoms with Crippen LogP contribution >= 0.6 is 0 Å². The number of carbonyl (C=O) groups is 1. The topological polar surface area (TPSA) is 85.9 Å². The van der Waals surface area contributed by atoms with E-state index in [1.807, 2.05) is 12.1 Å². The number of carbonyl (C=O) groups excluding carboxylic acids is 1. The Labute approximate surface area is 157 Å².